The van der Waals surface area contributed by atoms with Crippen LogP contribution in [0, 0.1) is 11.3 Å². The summed E-state index contributed by atoms with van der Waals surface area (Å²) in [7, 11) is 0. The minimum atomic E-state index is -0.636. The molecule has 1 fully saturated rings. The first-order valence-corrected chi connectivity index (χ1v) is 11.6. The van der Waals surface area contributed by atoms with Crippen molar-refractivity contribution in [3.63, 3.8) is 0 Å². The second-order valence-corrected chi connectivity index (χ2v) is 8.51. The third kappa shape index (κ3) is 4.38. The van der Waals surface area contributed by atoms with Crippen molar-refractivity contribution >= 4 is 23.2 Å². The number of hydrogen-bond donors (Lipinski definition) is 3. The van der Waals surface area contributed by atoms with E-state index < -0.39 is 5.97 Å². The van der Waals surface area contributed by atoms with Crippen LogP contribution in [-0.2, 0) is 27.4 Å². The van der Waals surface area contributed by atoms with E-state index in [9.17, 15) is 4.79 Å². The van der Waals surface area contributed by atoms with Crippen molar-refractivity contribution in [2.75, 3.05) is 19.8 Å². The molecule has 0 atom stereocenters. The van der Waals surface area contributed by atoms with Gasteiger partial charge in [-0.2, -0.15) is 5.10 Å². The summed E-state index contributed by atoms with van der Waals surface area (Å²) in [6.45, 7) is 4.62. The normalized spacial score (nSPS) is 19.6. The van der Waals surface area contributed by atoms with E-state index in [1.165, 1.54) is 11.1 Å². The summed E-state index contributed by atoms with van der Waals surface area (Å²) in [4.78, 5) is 19.8. The quantitative estimate of drug-likeness (QED) is 0.467. The van der Waals surface area contributed by atoms with Gasteiger partial charge in [0.1, 0.15) is 17.4 Å². The van der Waals surface area contributed by atoms with Gasteiger partial charge in [0.05, 0.1) is 18.5 Å². The largest absolute Gasteiger partial charge is 0.461 e. The lowest BCUT2D eigenvalue weighted by Gasteiger charge is -2.29. The summed E-state index contributed by atoms with van der Waals surface area (Å²) in [5.41, 5.74) is 4.65. The molecule has 0 radical (unpaired) electrons. The van der Waals surface area contributed by atoms with Crippen LogP contribution in [-0.4, -0.2) is 52.4 Å². The number of aliphatic imine (C=N–C) groups is 1. The predicted molar refractivity (Wildman–Crippen MR) is 128 cm³/mol. The highest BCUT2D eigenvalue weighted by atomic mass is 16.5. The number of ether oxygens (including phenoxy) is 2. The van der Waals surface area contributed by atoms with Crippen LogP contribution >= 0.6 is 0 Å². The average Bonchev–Trinajstić information content (AvgIpc) is 3.55. The van der Waals surface area contributed by atoms with Gasteiger partial charge < -0.3 is 19.7 Å². The van der Waals surface area contributed by atoms with Gasteiger partial charge >= 0.3 is 5.97 Å². The van der Waals surface area contributed by atoms with Crippen molar-refractivity contribution < 1.29 is 14.3 Å². The molecule has 0 spiro atoms. The Morgan fingerprint density at radius 3 is 2.62 bits per heavy atom. The zero-order valence-electron chi connectivity index (χ0n) is 19.1. The maximum Gasteiger partial charge on any atom is 0.356 e. The maximum absolute atomic E-state index is 12.6. The molecule has 1 saturated heterocycles. The summed E-state index contributed by atoms with van der Waals surface area (Å²) in [5.74, 6) is 0.623. The molecule has 0 bridgehead atoms. The fourth-order valence-corrected chi connectivity index (χ4v) is 4.62. The van der Waals surface area contributed by atoms with Crippen molar-refractivity contribution in [1.82, 2.24) is 20.4 Å². The number of esters is 1. The highest BCUT2D eigenvalue weighted by Crippen LogP contribution is 2.31. The first-order valence-electron chi connectivity index (χ1n) is 11.6. The van der Waals surface area contributed by atoms with E-state index in [0.29, 0.717) is 37.4 Å². The van der Waals surface area contributed by atoms with Crippen molar-refractivity contribution in [3.05, 3.63) is 70.8 Å². The Hall–Kier alpha value is -3.72. The second-order valence-electron chi connectivity index (χ2n) is 8.51. The zero-order valence-corrected chi connectivity index (χ0v) is 19.1. The number of benzene rings is 1. The van der Waals surface area contributed by atoms with Gasteiger partial charge in [0, 0.05) is 49.7 Å². The Labute approximate surface area is 198 Å². The number of carbonyl (C=O) groups excluding carboxylic acids is 1. The van der Waals surface area contributed by atoms with Crippen molar-refractivity contribution in [2.24, 2.45) is 10.9 Å². The number of rotatable bonds is 5. The minimum Gasteiger partial charge on any atom is -0.461 e. The van der Waals surface area contributed by atoms with E-state index >= 15 is 0 Å². The molecular weight excluding hydrogens is 432 g/mol. The molecule has 5 rings (SSSR count). The summed E-state index contributed by atoms with van der Waals surface area (Å²) < 4.78 is 10.7. The molecule has 0 saturated carbocycles. The van der Waals surface area contributed by atoms with Gasteiger partial charge in [-0.15, -0.1) is 0 Å². The van der Waals surface area contributed by atoms with Gasteiger partial charge in [0.15, 0.2) is 0 Å². The van der Waals surface area contributed by atoms with Gasteiger partial charge in [-0.05, 0) is 36.8 Å². The number of hydrogen-bond acceptors (Lipinski definition) is 8. The van der Waals surface area contributed by atoms with Crippen LogP contribution in [0.3, 0.4) is 0 Å². The highest BCUT2D eigenvalue weighted by molar-refractivity contribution is 6.42. The molecule has 176 valence electrons. The predicted octanol–water partition coefficient (Wildman–Crippen LogP) is 2.99. The molecule has 3 aliphatic rings. The van der Waals surface area contributed by atoms with Crippen molar-refractivity contribution in [2.45, 2.75) is 32.9 Å². The fourth-order valence-electron chi connectivity index (χ4n) is 4.62. The monoisotopic (exact) mass is 460 g/mol. The Bertz CT molecular complexity index is 1150. The third-order valence-electron chi connectivity index (χ3n) is 6.36. The molecule has 2 aromatic rings. The minimum absolute atomic E-state index is 0.0300. The van der Waals surface area contributed by atoms with E-state index in [4.69, 9.17) is 19.9 Å². The Morgan fingerprint density at radius 1 is 1.24 bits per heavy atom. The smallest absolute Gasteiger partial charge is 0.356 e. The highest BCUT2D eigenvalue weighted by Gasteiger charge is 2.32. The summed E-state index contributed by atoms with van der Waals surface area (Å²) >= 11 is 0. The SMILES string of the molecule is CCOC(=O)C(=N)/C(=C1/N=C(N2Cc3ccccc3C2)C=C(c2cn[nH]c2)N1)C1CCOCC1. The van der Waals surface area contributed by atoms with E-state index in [2.05, 4.69) is 44.7 Å². The van der Waals surface area contributed by atoms with Gasteiger partial charge in [0.25, 0.3) is 0 Å². The van der Waals surface area contributed by atoms with Crippen LogP contribution in [0.25, 0.3) is 5.70 Å². The van der Waals surface area contributed by atoms with Gasteiger partial charge in [-0.3, -0.25) is 10.5 Å². The topological polar surface area (TPSA) is 116 Å². The van der Waals surface area contributed by atoms with Crippen LogP contribution in [0.15, 0.2) is 59.1 Å². The number of fused-ring (bicyclic) bond motifs is 1. The van der Waals surface area contributed by atoms with Crippen LogP contribution < -0.4 is 5.32 Å². The molecule has 1 aromatic heterocycles. The number of nitrogens with zero attached hydrogens (tertiary/aromatic N) is 3. The molecule has 9 heteroatoms. The van der Waals surface area contributed by atoms with Crippen molar-refractivity contribution in [3.8, 4) is 0 Å². The van der Waals surface area contributed by atoms with Crippen molar-refractivity contribution in [1.29, 1.82) is 5.41 Å². The average molecular weight is 461 g/mol. The number of nitrogens with one attached hydrogen (secondary N) is 3. The molecule has 0 amide bonds. The third-order valence-corrected chi connectivity index (χ3v) is 6.36. The number of aromatic amines is 1. The number of aromatic nitrogens is 2. The summed E-state index contributed by atoms with van der Waals surface area (Å²) in [6.07, 6.45) is 6.97. The lowest BCUT2D eigenvalue weighted by atomic mass is 9.87. The Kier molecular flexibility index (Phi) is 6.27. The number of carbonyl (C=O) groups is 1. The van der Waals surface area contributed by atoms with Crippen LogP contribution in [0.5, 0.6) is 0 Å². The molecule has 1 aromatic carbocycles. The van der Waals surface area contributed by atoms with Gasteiger partial charge in [-0.1, -0.05) is 24.3 Å². The Morgan fingerprint density at radius 2 is 1.97 bits per heavy atom. The van der Waals surface area contributed by atoms with E-state index in [0.717, 1.165) is 30.2 Å². The molecule has 0 unspecified atom stereocenters. The zero-order chi connectivity index (χ0) is 23.5. The second kappa shape index (κ2) is 9.64. The molecule has 34 heavy (non-hydrogen) atoms. The summed E-state index contributed by atoms with van der Waals surface area (Å²) in [6, 6.07) is 8.37. The van der Waals surface area contributed by atoms with Gasteiger partial charge in [0.2, 0.25) is 0 Å². The molecule has 0 aliphatic carbocycles. The van der Waals surface area contributed by atoms with Crippen LogP contribution in [0.2, 0.25) is 0 Å². The molecule has 3 aliphatic heterocycles. The lowest BCUT2D eigenvalue weighted by molar-refractivity contribution is -0.135. The number of H-pyrrole nitrogens is 1. The maximum atomic E-state index is 12.6. The molecular formula is C25H28N6O3. The van der Waals surface area contributed by atoms with Crippen LogP contribution in [0.4, 0.5) is 0 Å². The molecule has 3 N–H and O–H groups in total. The number of amidine groups is 1. The Balaban J connectivity index is 1.58. The molecule has 9 nitrogen and oxygen atoms in total. The van der Waals surface area contributed by atoms with Crippen LogP contribution in [0.1, 0.15) is 36.5 Å². The van der Waals surface area contributed by atoms with E-state index in [1.807, 2.05) is 12.3 Å². The summed E-state index contributed by atoms with van der Waals surface area (Å²) in [5, 5.41) is 19.0. The standard InChI is InChI=1S/C25H28N6O3/c1-2-34-25(32)23(26)22(16-7-9-33-10-8-16)24-29-20(19-12-27-28-13-19)11-21(30-24)31-14-17-5-3-4-6-18(17)15-31/h3-6,11-13,16,26,29H,2,7-10,14-15H2,1H3,(H,27,28)/b24-22+,26-23?. The van der Waals surface area contributed by atoms with Gasteiger partial charge in [-0.25, -0.2) is 9.79 Å². The van der Waals surface area contributed by atoms with E-state index in [1.54, 1.807) is 13.1 Å². The molecule has 4 heterocycles. The van der Waals surface area contributed by atoms with E-state index in [-0.39, 0.29) is 18.2 Å². The first kappa shape index (κ1) is 22.1. The lowest BCUT2D eigenvalue weighted by Crippen LogP contribution is -2.34. The first-order chi connectivity index (χ1) is 16.6. The fraction of sp³-hybridized carbons (Fsp3) is 0.360.